The van der Waals surface area contributed by atoms with Gasteiger partial charge in [0.25, 0.3) is 0 Å². The zero-order chi connectivity index (χ0) is 13.4. The maximum Gasteiger partial charge on any atom is 0.169 e. The van der Waals surface area contributed by atoms with Gasteiger partial charge in [0, 0.05) is 17.8 Å². The molecule has 2 aromatic heterocycles. The summed E-state index contributed by atoms with van der Waals surface area (Å²) in [5.41, 5.74) is 1.45. The van der Waals surface area contributed by atoms with Gasteiger partial charge in [-0.25, -0.2) is 4.39 Å². The summed E-state index contributed by atoms with van der Waals surface area (Å²) in [6.45, 7) is 0. The minimum absolute atomic E-state index is 0.00107. The smallest absolute Gasteiger partial charge is 0.169 e. The van der Waals surface area contributed by atoms with Crippen molar-refractivity contribution >= 4 is 17.2 Å². The number of hydrogen-bond acceptors (Lipinski definition) is 3. The molecular formula is C13H6ClFN4. The Morgan fingerprint density at radius 1 is 1.26 bits per heavy atom. The number of hydrogen-bond donors (Lipinski definition) is 0. The average Bonchev–Trinajstić information content (AvgIpc) is 2.84. The van der Waals surface area contributed by atoms with Gasteiger partial charge in [0.15, 0.2) is 11.5 Å². The molecule has 19 heavy (non-hydrogen) atoms. The molecule has 92 valence electrons. The third-order valence-electron chi connectivity index (χ3n) is 2.73. The van der Waals surface area contributed by atoms with E-state index in [0.717, 1.165) is 0 Å². The van der Waals surface area contributed by atoms with Crippen LogP contribution in [0.25, 0.3) is 17.0 Å². The van der Waals surface area contributed by atoms with Gasteiger partial charge in [-0.1, -0.05) is 17.7 Å². The van der Waals surface area contributed by atoms with Crippen LogP contribution in [0.4, 0.5) is 4.39 Å². The molecule has 0 atom stereocenters. The standard InChI is InChI=1S/C13H6ClFN4/c14-12-9(2-1-3-10(12)15)13-18-17-11-6-8(7-16)4-5-19(11)13/h1-6H. The highest BCUT2D eigenvalue weighted by atomic mass is 35.5. The van der Waals surface area contributed by atoms with Crippen LogP contribution in [0.15, 0.2) is 36.5 Å². The third-order valence-corrected chi connectivity index (χ3v) is 3.12. The molecule has 0 amide bonds. The fourth-order valence-electron chi connectivity index (χ4n) is 1.82. The van der Waals surface area contributed by atoms with Gasteiger partial charge < -0.3 is 0 Å². The SMILES string of the molecule is N#Cc1ccn2c(-c3cccc(F)c3Cl)nnc2c1. The van der Waals surface area contributed by atoms with Crippen molar-refractivity contribution in [1.29, 1.82) is 5.26 Å². The molecule has 3 rings (SSSR count). The molecule has 6 heteroatoms. The van der Waals surface area contributed by atoms with Gasteiger partial charge in [-0.3, -0.25) is 4.40 Å². The molecule has 0 aliphatic carbocycles. The number of nitriles is 1. The molecule has 1 aromatic carbocycles. The van der Waals surface area contributed by atoms with Gasteiger partial charge in [0.2, 0.25) is 0 Å². The minimum Gasteiger partial charge on any atom is -0.282 e. The highest BCUT2D eigenvalue weighted by Gasteiger charge is 2.14. The molecule has 0 N–H and O–H groups in total. The maximum absolute atomic E-state index is 13.5. The van der Waals surface area contributed by atoms with E-state index in [1.165, 1.54) is 6.07 Å². The van der Waals surface area contributed by atoms with Gasteiger partial charge in [-0.2, -0.15) is 5.26 Å². The first-order chi connectivity index (χ1) is 9.20. The summed E-state index contributed by atoms with van der Waals surface area (Å²) in [7, 11) is 0. The number of benzene rings is 1. The molecule has 0 aliphatic rings. The Labute approximate surface area is 112 Å². The molecular weight excluding hydrogens is 267 g/mol. The number of aromatic nitrogens is 3. The molecule has 0 saturated carbocycles. The largest absolute Gasteiger partial charge is 0.282 e. The summed E-state index contributed by atoms with van der Waals surface area (Å²) < 4.78 is 15.1. The fourth-order valence-corrected chi connectivity index (χ4v) is 2.03. The average molecular weight is 273 g/mol. The van der Waals surface area contributed by atoms with Crippen LogP contribution in [0.2, 0.25) is 5.02 Å². The Balaban J connectivity index is 2.27. The fraction of sp³-hybridized carbons (Fsp3) is 0. The van der Waals surface area contributed by atoms with E-state index in [0.29, 0.717) is 22.6 Å². The van der Waals surface area contributed by atoms with Crippen LogP contribution in [0, 0.1) is 17.1 Å². The molecule has 0 spiro atoms. The second kappa shape index (κ2) is 4.34. The molecule has 0 aliphatic heterocycles. The van der Waals surface area contributed by atoms with Crippen LogP contribution < -0.4 is 0 Å². The summed E-state index contributed by atoms with van der Waals surface area (Å²) >= 11 is 5.94. The highest BCUT2D eigenvalue weighted by molar-refractivity contribution is 6.33. The Morgan fingerprint density at radius 3 is 2.89 bits per heavy atom. The van der Waals surface area contributed by atoms with E-state index in [1.54, 1.807) is 34.9 Å². The second-order valence-electron chi connectivity index (χ2n) is 3.88. The zero-order valence-electron chi connectivity index (χ0n) is 9.51. The van der Waals surface area contributed by atoms with E-state index in [9.17, 15) is 4.39 Å². The highest BCUT2D eigenvalue weighted by Crippen LogP contribution is 2.28. The summed E-state index contributed by atoms with van der Waals surface area (Å²) in [4.78, 5) is 0. The van der Waals surface area contributed by atoms with E-state index in [2.05, 4.69) is 10.2 Å². The first-order valence-electron chi connectivity index (χ1n) is 5.40. The molecule has 3 aromatic rings. The van der Waals surface area contributed by atoms with Crippen LogP contribution in [0.5, 0.6) is 0 Å². The Bertz CT molecular complexity index is 819. The van der Waals surface area contributed by atoms with E-state index < -0.39 is 5.82 Å². The van der Waals surface area contributed by atoms with Crippen LogP contribution in [0.3, 0.4) is 0 Å². The van der Waals surface area contributed by atoms with Crippen LogP contribution in [-0.4, -0.2) is 14.6 Å². The normalized spacial score (nSPS) is 10.6. The van der Waals surface area contributed by atoms with Crippen LogP contribution in [0.1, 0.15) is 5.56 Å². The van der Waals surface area contributed by atoms with Gasteiger partial charge in [0.1, 0.15) is 5.82 Å². The molecule has 0 radical (unpaired) electrons. The number of pyridine rings is 1. The zero-order valence-corrected chi connectivity index (χ0v) is 10.3. The topological polar surface area (TPSA) is 54.0 Å². The quantitative estimate of drug-likeness (QED) is 0.684. The van der Waals surface area contributed by atoms with Crippen molar-refractivity contribution in [1.82, 2.24) is 14.6 Å². The lowest BCUT2D eigenvalue weighted by Gasteiger charge is -2.03. The lowest BCUT2D eigenvalue weighted by atomic mass is 10.2. The predicted molar refractivity (Wildman–Crippen MR) is 68.1 cm³/mol. The van der Waals surface area contributed by atoms with Crippen molar-refractivity contribution in [3.05, 3.63) is 52.9 Å². The Morgan fingerprint density at radius 2 is 2.11 bits per heavy atom. The van der Waals surface area contributed by atoms with Crippen molar-refractivity contribution in [3.63, 3.8) is 0 Å². The van der Waals surface area contributed by atoms with Crippen molar-refractivity contribution < 1.29 is 4.39 Å². The minimum atomic E-state index is -0.510. The lowest BCUT2D eigenvalue weighted by Crippen LogP contribution is -1.92. The number of fused-ring (bicyclic) bond motifs is 1. The van der Waals surface area contributed by atoms with Crippen molar-refractivity contribution in [2.75, 3.05) is 0 Å². The molecule has 4 nitrogen and oxygen atoms in total. The van der Waals surface area contributed by atoms with Crippen molar-refractivity contribution in [3.8, 4) is 17.5 Å². The molecule has 0 unspecified atom stereocenters. The van der Waals surface area contributed by atoms with Crippen molar-refractivity contribution in [2.45, 2.75) is 0 Å². The first-order valence-corrected chi connectivity index (χ1v) is 5.78. The molecule has 2 heterocycles. The number of halogens is 2. The molecule has 0 bridgehead atoms. The summed E-state index contributed by atoms with van der Waals surface area (Å²) in [5.74, 6) is -0.0754. The Hall–Kier alpha value is -2.45. The number of nitrogens with zero attached hydrogens (tertiary/aromatic N) is 4. The van der Waals surface area contributed by atoms with Crippen LogP contribution >= 0.6 is 11.6 Å². The first kappa shape index (κ1) is 11.6. The van der Waals surface area contributed by atoms with E-state index in [-0.39, 0.29) is 5.02 Å². The van der Waals surface area contributed by atoms with E-state index in [4.69, 9.17) is 16.9 Å². The summed E-state index contributed by atoms with van der Waals surface area (Å²) in [5, 5.41) is 16.8. The molecule has 0 fully saturated rings. The van der Waals surface area contributed by atoms with Crippen molar-refractivity contribution in [2.24, 2.45) is 0 Å². The predicted octanol–water partition coefficient (Wildman–Crippen LogP) is 3.06. The maximum atomic E-state index is 13.5. The lowest BCUT2D eigenvalue weighted by molar-refractivity contribution is 0.628. The second-order valence-corrected chi connectivity index (χ2v) is 4.26. The van der Waals surface area contributed by atoms with E-state index in [1.807, 2.05) is 6.07 Å². The summed E-state index contributed by atoms with van der Waals surface area (Å²) in [6, 6.07) is 9.76. The number of rotatable bonds is 1. The molecule has 0 saturated heterocycles. The van der Waals surface area contributed by atoms with Crippen LogP contribution in [-0.2, 0) is 0 Å². The van der Waals surface area contributed by atoms with Gasteiger partial charge in [0.05, 0.1) is 16.7 Å². The van der Waals surface area contributed by atoms with Gasteiger partial charge in [-0.05, 0) is 18.2 Å². The summed E-state index contributed by atoms with van der Waals surface area (Å²) in [6.07, 6.45) is 1.66. The van der Waals surface area contributed by atoms with Gasteiger partial charge >= 0.3 is 0 Å². The van der Waals surface area contributed by atoms with Gasteiger partial charge in [-0.15, -0.1) is 10.2 Å². The van der Waals surface area contributed by atoms with E-state index >= 15 is 0 Å². The Kier molecular flexibility index (Phi) is 2.65. The third kappa shape index (κ3) is 1.83. The monoisotopic (exact) mass is 272 g/mol.